The molecule has 8 nitrogen and oxygen atoms in total. The fourth-order valence-electron chi connectivity index (χ4n) is 3.11. The molecule has 1 saturated heterocycles. The van der Waals surface area contributed by atoms with Gasteiger partial charge in [-0.1, -0.05) is 6.42 Å². The Hall–Kier alpha value is -2.83. The summed E-state index contributed by atoms with van der Waals surface area (Å²) in [6.07, 6.45) is 4.10. The van der Waals surface area contributed by atoms with Gasteiger partial charge in [0.25, 0.3) is 0 Å². The van der Waals surface area contributed by atoms with Gasteiger partial charge in [0, 0.05) is 32.4 Å². The van der Waals surface area contributed by atoms with Crippen molar-refractivity contribution in [2.45, 2.75) is 24.2 Å². The number of methoxy groups -OCH3 is 1. The number of nitriles is 1. The Morgan fingerprint density at radius 3 is 2.50 bits per heavy atom. The first-order valence-electron chi connectivity index (χ1n) is 8.83. The van der Waals surface area contributed by atoms with E-state index in [0.29, 0.717) is 18.7 Å². The van der Waals surface area contributed by atoms with Gasteiger partial charge in [-0.3, -0.25) is 0 Å². The molecule has 9 heteroatoms. The van der Waals surface area contributed by atoms with Crippen LogP contribution in [0.4, 0.5) is 0 Å². The lowest BCUT2D eigenvalue weighted by molar-refractivity contribution is 0.0719. The van der Waals surface area contributed by atoms with Gasteiger partial charge in [0.2, 0.25) is 10.0 Å². The Labute approximate surface area is 163 Å². The molecule has 0 aliphatic carbocycles. The second kappa shape index (κ2) is 8.04. The van der Waals surface area contributed by atoms with Gasteiger partial charge in [-0.05, 0) is 31.0 Å². The second-order valence-corrected chi connectivity index (χ2v) is 8.44. The number of nitrogens with zero attached hydrogens (tertiary/aromatic N) is 3. The van der Waals surface area contributed by atoms with Crippen molar-refractivity contribution in [3.8, 4) is 17.6 Å². The van der Waals surface area contributed by atoms with Crippen LogP contribution in [0.25, 0.3) is 0 Å². The van der Waals surface area contributed by atoms with Crippen LogP contribution in [0.2, 0.25) is 0 Å². The molecule has 0 spiro atoms. The molecule has 1 aromatic heterocycles. The number of piperidine rings is 1. The van der Waals surface area contributed by atoms with Crippen molar-refractivity contribution in [2.75, 3.05) is 20.2 Å². The summed E-state index contributed by atoms with van der Waals surface area (Å²) in [6.45, 7) is 0.971. The number of carbonyl (C=O) groups excluding carboxylic acids is 1. The van der Waals surface area contributed by atoms with Crippen LogP contribution in [0.1, 0.15) is 35.3 Å². The Morgan fingerprint density at radius 2 is 1.86 bits per heavy atom. The molecule has 1 fully saturated rings. The number of aromatic nitrogens is 1. The van der Waals surface area contributed by atoms with E-state index in [2.05, 4.69) is 0 Å². The van der Waals surface area contributed by atoms with E-state index in [0.717, 1.165) is 19.3 Å². The Kier molecular flexibility index (Phi) is 5.72. The van der Waals surface area contributed by atoms with Crippen molar-refractivity contribution in [1.29, 1.82) is 5.26 Å². The van der Waals surface area contributed by atoms with Crippen LogP contribution in [0.3, 0.4) is 0 Å². The third-order valence-electron chi connectivity index (χ3n) is 4.64. The lowest BCUT2D eigenvalue weighted by atomic mass is 10.2. The summed E-state index contributed by atoms with van der Waals surface area (Å²) >= 11 is 0. The van der Waals surface area contributed by atoms with E-state index in [9.17, 15) is 13.2 Å². The predicted molar refractivity (Wildman–Crippen MR) is 101 cm³/mol. The fraction of sp³-hybridized carbons (Fsp3) is 0.368. The first-order valence-corrected chi connectivity index (χ1v) is 10.3. The van der Waals surface area contributed by atoms with Gasteiger partial charge in [0.05, 0.1) is 18.7 Å². The number of sulfonamides is 1. The van der Waals surface area contributed by atoms with Crippen LogP contribution in [-0.4, -0.2) is 43.5 Å². The minimum Gasteiger partial charge on any atom is -0.493 e. The number of ether oxygens (including phenoxy) is 2. The zero-order chi connectivity index (χ0) is 20.3. The number of carbonyl (C=O) groups is 1. The van der Waals surface area contributed by atoms with Gasteiger partial charge < -0.3 is 14.0 Å². The largest absolute Gasteiger partial charge is 0.493 e. The first-order chi connectivity index (χ1) is 13.4. The summed E-state index contributed by atoms with van der Waals surface area (Å²) in [5.74, 6) is -0.332. The molecule has 2 aromatic rings. The van der Waals surface area contributed by atoms with E-state index in [-0.39, 0.29) is 22.1 Å². The highest BCUT2D eigenvalue weighted by Crippen LogP contribution is 2.29. The molecular formula is C19H21N3O5S. The average Bonchev–Trinajstić information content (AvgIpc) is 3.11. The Morgan fingerprint density at radius 1 is 1.14 bits per heavy atom. The maximum atomic E-state index is 12.8. The minimum absolute atomic E-state index is 0.0654. The quantitative estimate of drug-likeness (QED) is 0.561. The summed E-state index contributed by atoms with van der Waals surface area (Å²) in [5, 5.41) is 8.95. The van der Waals surface area contributed by atoms with Crippen LogP contribution in [0.15, 0.2) is 35.4 Å². The zero-order valence-electron chi connectivity index (χ0n) is 15.7. The van der Waals surface area contributed by atoms with Gasteiger partial charge in [0.1, 0.15) is 10.6 Å². The van der Waals surface area contributed by atoms with Crippen LogP contribution in [-0.2, 0) is 17.1 Å². The van der Waals surface area contributed by atoms with Gasteiger partial charge in [-0.2, -0.15) is 9.57 Å². The monoisotopic (exact) mass is 403 g/mol. The lowest BCUT2D eigenvalue weighted by Gasteiger charge is -2.25. The molecule has 28 heavy (non-hydrogen) atoms. The molecule has 0 radical (unpaired) electrons. The molecule has 2 heterocycles. The number of esters is 1. The summed E-state index contributed by atoms with van der Waals surface area (Å²) in [5.41, 5.74) is 0.465. The van der Waals surface area contributed by atoms with Crippen LogP contribution in [0.5, 0.6) is 11.5 Å². The van der Waals surface area contributed by atoms with Crippen molar-refractivity contribution in [3.63, 3.8) is 0 Å². The van der Waals surface area contributed by atoms with E-state index >= 15 is 0 Å². The molecule has 0 amide bonds. The van der Waals surface area contributed by atoms with Gasteiger partial charge in [-0.25, -0.2) is 13.2 Å². The first kappa shape index (κ1) is 19.9. The van der Waals surface area contributed by atoms with Crippen LogP contribution < -0.4 is 9.47 Å². The highest BCUT2D eigenvalue weighted by Gasteiger charge is 2.29. The molecule has 0 atom stereocenters. The summed E-state index contributed by atoms with van der Waals surface area (Å²) in [4.78, 5) is 12.7. The molecule has 0 N–H and O–H groups in total. The third kappa shape index (κ3) is 3.88. The van der Waals surface area contributed by atoms with E-state index in [1.807, 2.05) is 6.07 Å². The third-order valence-corrected chi connectivity index (χ3v) is 6.50. The Bertz CT molecular complexity index is 1030. The smallest absolute Gasteiger partial charge is 0.360 e. The predicted octanol–water partition coefficient (Wildman–Crippen LogP) is 2.30. The molecule has 0 saturated carbocycles. The topological polar surface area (TPSA) is 102 Å². The van der Waals surface area contributed by atoms with Gasteiger partial charge in [-0.15, -0.1) is 0 Å². The molecule has 1 aliphatic heterocycles. The number of rotatable bonds is 5. The van der Waals surface area contributed by atoms with Gasteiger partial charge >= 0.3 is 5.97 Å². The molecular weight excluding hydrogens is 382 g/mol. The average molecular weight is 403 g/mol. The van der Waals surface area contributed by atoms with Crippen molar-refractivity contribution in [1.82, 2.24) is 8.87 Å². The molecule has 0 bridgehead atoms. The van der Waals surface area contributed by atoms with Crippen molar-refractivity contribution in [3.05, 3.63) is 41.7 Å². The molecule has 3 rings (SSSR count). The molecule has 148 valence electrons. The lowest BCUT2D eigenvalue weighted by Crippen LogP contribution is -2.35. The Balaban J connectivity index is 1.85. The van der Waals surface area contributed by atoms with E-state index < -0.39 is 16.0 Å². The van der Waals surface area contributed by atoms with Crippen LogP contribution in [0, 0.1) is 11.3 Å². The van der Waals surface area contributed by atoms with Gasteiger partial charge in [0.15, 0.2) is 11.5 Å². The summed E-state index contributed by atoms with van der Waals surface area (Å²) < 4.78 is 39.0. The van der Waals surface area contributed by atoms with Crippen molar-refractivity contribution >= 4 is 16.0 Å². The zero-order valence-corrected chi connectivity index (χ0v) is 16.5. The normalized spacial score (nSPS) is 15.0. The summed E-state index contributed by atoms with van der Waals surface area (Å²) in [7, 11) is -0.660. The number of aryl methyl sites for hydroxylation is 1. The SMILES string of the molecule is COc1cc(C#N)ccc1OC(=O)c1cc(S(=O)(=O)N2CCCCC2)cn1C. The van der Waals surface area contributed by atoms with E-state index in [1.54, 1.807) is 7.05 Å². The minimum atomic E-state index is -3.65. The number of hydrogen-bond acceptors (Lipinski definition) is 6. The molecule has 0 unspecified atom stereocenters. The number of hydrogen-bond donors (Lipinski definition) is 0. The number of benzene rings is 1. The van der Waals surface area contributed by atoms with Crippen molar-refractivity contribution in [2.24, 2.45) is 7.05 Å². The maximum Gasteiger partial charge on any atom is 0.360 e. The molecule has 1 aromatic carbocycles. The highest BCUT2D eigenvalue weighted by molar-refractivity contribution is 7.89. The fourth-order valence-corrected chi connectivity index (χ4v) is 4.70. The molecule has 1 aliphatic rings. The van der Waals surface area contributed by atoms with E-state index in [4.69, 9.17) is 14.7 Å². The second-order valence-electron chi connectivity index (χ2n) is 6.50. The highest BCUT2D eigenvalue weighted by atomic mass is 32.2. The van der Waals surface area contributed by atoms with Crippen molar-refractivity contribution < 1.29 is 22.7 Å². The summed E-state index contributed by atoms with van der Waals surface area (Å²) in [6, 6.07) is 7.72. The van der Waals surface area contributed by atoms with Crippen LogP contribution >= 0.6 is 0 Å². The standard InChI is InChI=1S/C19H21N3O5S/c1-21-13-15(28(24,25)22-8-4-3-5-9-22)11-16(21)19(23)27-17-7-6-14(12-20)10-18(17)26-2/h6-7,10-11,13H,3-5,8-9H2,1-2H3. The maximum absolute atomic E-state index is 12.8. The van der Waals surface area contributed by atoms with E-state index in [1.165, 1.54) is 46.4 Å².